The molecule has 1 aromatic rings. The average Bonchev–Trinajstić information content (AvgIpc) is 2.98. The molecular weight excluding hydrogens is 258 g/mol. The van der Waals surface area contributed by atoms with Crippen LogP contribution in [0.15, 0.2) is 29.2 Å². The summed E-state index contributed by atoms with van der Waals surface area (Å²) in [6, 6.07) is 7.38. The zero-order valence-electron chi connectivity index (χ0n) is 11.1. The van der Waals surface area contributed by atoms with Crippen molar-refractivity contribution in [2.24, 2.45) is 5.92 Å². The highest BCUT2D eigenvalue weighted by atomic mass is 32.2. The largest absolute Gasteiger partial charge is 0.309 e. The van der Waals surface area contributed by atoms with Gasteiger partial charge in [0.05, 0.1) is 10.6 Å². The van der Waals surface area contributed by atoms with Crippen molar-refractivity contribution < 1.29 is 8.42 Å². The van der Waals surface area contributed by atoms with Gasteiger partial charge in [-0.15, -0.1) is 0 Å². The van der Waals surface area contributed by atoms with E-state index in [9.17, 15) is 8.42 Å². The Labute approximate surface area is 115 Å². The average molecular weight is 279 g/mol. The summed E-state index contributed by atoms with van der Waals surface area (Å²) in [6.07, 6.45) is 6.61. The van der Waals surface area contributed by atoms with E-state index in [1.54, 1.807) is 12.1 Å². The molecule has 3 nitrogen and oxygen atoms in total. The molecular formula is C15H21NO2S. The Hall–Kier alpha value is -0.870. The van der Waals surface area contributed by atoms with Gasteiger partial charge in [-0.1, -0.05) is 43.9 Å². The third kappa shape index (κ3) is 2.70. The minimum absolute atomic E-state index is 0.0115. The van der Waals surface area contributed by atoms with E-state index >= 15 is 0 Å². The molecule has 0 saturated heterocycles. The molecule has 1 aliphatic carbocycles. The Morgan fingerprint density at radius 2 is 1.89 bits per heavy atom. The zero-order valence-corrected chi connectivity index (χ0v) is 12.0. The van der Waals surface area contributed by atoms with Gasteiger partial charge in [-0.2, -0.15) is 0 Å². The van der Waals surface area contributed by atoms with Crippen molar-refractivity contribution in [1.29, 1.82) is 0 Å². The molecule has 1 unspecified atom stereocenters. The summed E-state index contributed by atoms with van der Waals surface area (Å²) < 4.78 is 24.1. The summed E-state index contributed by atoms with van der Waals surface area (Å²) in [5.41, 5.74) is 0.953. The van der Waals surface area contributed by atoms with Crippen LogP contribution in [0, 0.1) is 5.92 Å². The van der Waals surface area contributed by atoms with Gasteiger partial charge < -0.3 is 5.32 Å². The molecule has 104 valence electrons. The third-order valence-electron chi connectivity index (χ3n) is 4.43. The molecule has 0 amide bonds. The molecule has 1 saturated carbocycles. The first-order valence-corrected chi connectivity index (χ1v) is 8.87. The zero-order chi connectivity index (χ0) is 13.3. The second-order valence-electron chi connectivity index (χ2n) is 5.77. The number of hydrogen-bond donors (Lipinski definition) is 1. The van der Waals surface area contributed by atoms with Crippen LogP contribution in [0.4, 0.5) is 0 Å². The Morgan fingerprint density at radius 3 is 2.68 bits per heavy atom. The van der Waals surface area contributed by atoms with Crippen LogP contribution in [0.1, 0.15) is 43.7 Å². The quantitative estimate of drug-likeness (QED) is 0.921. The van der Waals surface area contributed by atoms with Gasteiger partial charge in [0.2, 0.25) is 0 Å². The van der Waals surface area contributed by atoms with Crippen LogP contribution in [-0.4, -0.2) is 20.7 Å². The maximum Gasteiger partial charge on any atom is 0.180 e. The fraction of sp³-hybridized carbons (Fsp3) is 0.600. The Bertz CT molecular complexity index is 547. The molecule has 2 aliphatic rings. The third-order valence-corrected chi connectivity index (χ3v) is 6.25. The Kier molecular flexibility index (Phi) is 3.63. The topological polar surface area (TPSA) is 46.2 Å². The fourth-order valence-corrected chi connectivity index (χ4v) is 5.15. The molecule has 0 spiro atoms. The predicted molar refractivity (Wildman–Crippen MR) is 75.8 cm³/mol. The van der Waals surface area contributed by atoms with Crippen LogP contribution >= 0.6 is 0 Å². The lowest BCUT2D eigenvalue weighted by Crippen LogP contribution is -2.25. The maximum atomic E-state index is 12.0. The number of rotatable bonds is 4. The van der Waals surface area contributed by atoms with Crippen LogP contribution < -0.4 is 5.32 Å². The summed E-state index contributed by atoms with van der Waals surface area (Å²) >= 11 is 0. The van der Waals surface area contributed by atoms with Crippen molar-refractivity contribution in [1.82, 2.24) is 5.32 Å². The second-order valence-corrected chi connectivity index (χ2v) is 7.77. The van der Waals surface area contributed by atoms with Gasteiger partial charge in [0.25, 0.3) is 0 Å². The molecule has 1 aliphatic heterocycles. The normalized spacial score (nSPS) is 25.6. The standard InChI is InChI=1S/C15H21NO2S/c17-19(18)11-14(13-7-3-4-8-15(13)19)16-10-9-12-5-1-2-6-12/h3-4,7-8,12,14,16H,1-2,5-6,9-11H2. The lowest BCUT2D eigenvalue weighted by molar-refractivity contribution is 0.456. The molecule has 1 N–H and O–H groups in total. The summed E-state index contributed by atoms with van der Waals surface area (Å²) in [5, 5.41) is 3.44. The van der Waals surface area contributed by atoms with Gasteiger partial charge in [-0.25, -0.2) is 8.42 Å². The highest BCUT2D eigenvalue weighted by molar-refractivity contribution is 7.91. The van der Waals surface area contributed by atoms with E-state index in [2.05, 4.69) is 5.32 Å². The number of sulfone groups is 1. The summed E-state index contributed by atoms with van der Waals surface area (Å²) in [6.45, 7) is 0.930. The number of hydrogen-bond acceptors (Lipinski definition) is 3. The number of benzene rings is 1. The molecule has 4 heteroatoms. The molecule has 1 aromatic carbocycles. The second kappa shape index (κ2) is 5.25. The van der Waals surface area contributed by atoms with Crippen molar-refractivity contribution in [3.63, 3.8) is 0 Å². The van der Waals surface area contributed by atoms with Gasteiger partial charge >= 0.3 is 0 Å². The summed E-state index contributed by atoms with van der Waals surface area (Å²) in [7, 11) is -3.07. The predicted octanol–water partition coefficient (Wildman–Crippen LogP) is 2.68. The first-order valence-electron chi connectivity index (χ1n) is 7.22. The van der Waals surface area contributed by atoms with Crippen LogP contribution in [0.3, 0.4) is 0 Å². The van der Waals surface area contributed by atoms with Gasteiger partial charge in [0.1, 0.15) is 0 Å². The van der Waals surface area contributed by atoms with Crippen LogP contribution in [-0.2, 0) is 9.84 Å². The van der Waals surface area contributed by atoms with E-state index in [0.717, 1.165) is 18.0 Å². The minimum atomic E-state index is -3.07. The first-order chi connectivity index (χ1) is 9.17. The van der Waals surface area contributed by atoms with E-state index in [0.29, 0.717) is 4.90 Å². The van der Waals surface area contributed by atoms with Crippen LogP contribution in [0.5, 0.6) is 0 Å². The summed E-state index contributed by atoms with van der Waals surface area (Å²) in [5.74, 6) is 1.07. The van der Waals surface area contributed by atoms with Crippen molar-refractivity contribution in [2.75, 3.05) is 12.3 Å². The van der Waals surface area contributed by atoms with Crippen molar-refractivity contribution in [3.8, 4) is 0 Å². The number of fused-ring (bicyclic) bond motifs is 1. The molecule has 0 aromatic heterocycles. The highest BCUT2D eigenvalue weighted by Gasteiger charge is 2.33. The van der Waals surface area contributed by atoms with E-state index < -0.39 is 9.84 Å². The van der Waals surface area contributed by atoms with Gasteiger partial charge in [0, 0.05) is 6.04 Å². The Balaban J connectivity index is 1.63. The van der Waals surface area contributed by atoms with Crippen LogP contribution in [0.2, 0.25) is 0 Å². The molecule has 1 fully saturated rings. The van der Waals surface area contributed by atoms with E-state index in [4.69, 9.17) is 0 Å². The highest BCUT2D eigenvalue weighted by Crippen LogP contribution is 2.33. The van der Waals surface area contributed by atoms with Crippen molar-refractivity contribution in [2.45, 2.75) is 43.0 Å². The monoisotopic (exact) mass is 279 g/mol. The van der Waals surface area contributed by atoms with E-state index in [1.165, 1.54) is 32.1 Å². The van der Waals surface area contributed by atoms with Crippen molar-refractivity contribution >= 4 is 9.84 Å². The van der Waals surface area contributed by atoms with Crippen LogP contribution in [0.25, 0.3) is 0 Å². The van der Waals surface area contributed by atoms with Gasteiger partial charge in [-0.3, -0.25) is 0 Å². The molecule has 0 radical (unpaired) electrons. The smallest absolute Gasteiger partial charge is 0.180 e. The van der Waals surface area contributed by atoms with Gasteiger partial charge in [0.15, 0.2) is 9.84 Å². The van der Waals surface area contributed by atoms with Crippen molar-refractivity contribution in [3.05, 3.63) is 29.8 Å². The molecule has 3 rings (SSSR count). The molecule has 1 heterocycles. The first kappa shape index (κ1) is 13.1. The fourth-order valence-electron chi connectivity index (χ4n) is 3.38. The number of nitrogens with one attached hydrogen (secondary N) is 1. The molecule has 0 bridgehead atoms. The molecule has 19 heavy (non-hydrogen) atoms. The van der Waals surface area contributed by atoms with E-state index in [1.807, 2.05) is 12.1 Å². The molecule has 1 atom stereocenters. The lowest BCUT2D eigenvalue weighted by Gasteiger charge is -2.14. The maximum absolute atomic E-state index is 12.0. The SMILES string of the molecule is O=S1(=O)CC(NCCC2CCCC2)c2ccccc21. The van der Waals surface area contributed by atoms with Gasteiger partial charge in [-0.05, 0) is 30.5 Å². The minimum Gasteiger partial charge on any atom is -0.309 e. The Morgan fingerprint density at radius 1 is 1.16 bits per heavy atom. The lowest BCUT2D eigenvalue weighted by atomic mass is 10.0. The van der Waals surface area contributed by atoms with E-state index in [-0.39, 0.29) is 11.8 Å². The summed E-state index contributed by atoms with van der Waals surface area (Å²) in [4.78, 5) is 0.522.